The first-order valence-corrected chi connectivity index (χ1v) is 23.8. The fraction of sp³-hybridized carbons (Fsp3) is 0.0469. The third-order valence-electron chi connectivity index (χ3n) is 14.1. The van der Waals surface area contributed by atoms with E-state index in [0.717, 1.165) is 93.8 Å². The number of furan rings is 1. The topological polar surface area (TPSA) is 61.7 Å². The lowest BCUT2D eigenvalue weighted by Gasteiger charge is -2.25. The molecule has 0 bridgehead atoms. The first kappa shape index (κ1) is 39.8. The van der Waals surface area contributed by atoms with E-state index in [1.165, 1.54) is 16.5 Å². The van der Waals surface area contributed by atoms with Crippen molar-refractivity contribution in [1.29, 1.82) is 0 Å². The summed E-state index contributed by atoms with van der Waals surface area (Å²) in [6, 6.07) is 74.8. The van der Waals surface area contributed by atoms with E-state index in [4.69, 9.17) is 19.4 Å². The molecule has 0 amide bonds. The molecule has 2 unspecified atom stereocenters. The van der Waals surface area contributed by atoms with Crippen molar-refractivity contribution in [3.05, 3.63) is 230 Å². The summed E-state index contributed by atoms with van der Waals surface area (Å²) in [6.07, 6.45) is 2.03. The number of hydrogen-bond acceptors (Lipinski definition) is 4. The van der Waals surface area contributed by atoms with Gasteiger partial charge in [-0.3, -0.25) is 0 Å². The van der Waals surface area contributed by atoms with Crippen LogP contribution in [0.3, 0.4) is 0 Å². The van der Waals surface area contributed by atoms with Gasteiger partial charge in [-0.05, 0) is 76.9 Å². The Labute approximate surface area is 403 Å². The summed E-state index contributed by atoms with van der Waals surface area (Å²) in [4.78, 5) is 16.0. The van der Waals surface area contributed by atoms with E-state index in [1.807, 2.05) is 30.3 Å². The van der Waals surface area contributed by atoms with Gasteiger partial charge in [-0.25, -0.2) is 15.0 Å². The molecule has 6 nitrogen and oxygen atoms in total. The minimum absolute atomic E-state index is 0.0353. The number of rotatable bonds is 7. The van der Waals surface area contributed by atoms with E-state index < -0.39 is 0 Å². The molecule has 0 N–H and O–H groups in total. The summed E-state index contributed by atoms with van der Waals surface area (Å²) in [5.74, 6) is 8.42. The highest BCUT2D eigenvalue weighted by Gasteiger charge is 2.31. The quantitative estimate of drug-likeness (QED) is 0.150. The van der Waals surface area contributed by atoms with E-state index in [-0.39, 0.29) is 11.8 Å². The molecule has 1 aliphatic rings. The van der Waals surface area contributed by atoms with Crippen LogP contribution in [-0.2, 0) is 0 Å². The Morgan fingerprint density at radius 2 is 0.943 bits per heavy atom. The molecule has 328 valence electrons. The Kier molecular flexibility index (Phi) is 9.05. The number of para-hydroxylation sites is 3. The molecule has 9 aromatic carbocycles. The molecule has 70 heavy (non-hydrogen) atoms. The number of allylic oxidation sites excluding steroid dienone is 2. The minimum Gasteiger partial charge on any atom is -0.452 e. The molecule has 0 aliphatic heterocycles. The fourth-order valence-electron chi connectivity index (χ4n) is 10.9. The number of benzene rings is 9. The van der Waals surface area contributed by atoms with Gasteiger partial charge in [0.15, 0.2) is 22.8 Å². The second-order valence-electron chi connectivity index (χ2n) is 18.1. The van der Waals surface area contributed by atoms with Crippen LogP contribution in [0.15, 0.2) is 223 Å². The number of hydrogen-bond donors (Lipinski definition) is 0. The maximum Gasteiger partial charge on any atom is 0.165 e. The van der Waals surface area contributed by atoms with Crippen molar-refractivity contribution < 1.29 is 4.42 Å². The van der Waals surface area contributed by atoms with E-state index in [2.05, 4.69) is 216 Å². The third kappa shape index (κ3) is 6.19. The second kappa shape index (κ2) is 15.9. The number of fused-ring (bicyclic) bond motifs is 11. The monoisotopic (exact) mass is 895 g/mol. The molecular formula is C64H41N5O. The predicted molar refractivity (Wildman–Crippen MR) is 286 cm³/mol. The van der Waals surface area contributed by atoms with E-state index >= 15 is 0 Å². The van der Waals surface area contributed by atoms with Crippen LogP contribution in [0.5, 0.6) is 0 Å². The Bertz CT molecular complexity index is 4300. The van der Waals surface area contributed by atoms with Crippen LogP contribution in [0, 0.1) is 17.8 Å². The van der Waals surface area contributed by atoms with Crippen LogP contribution in [0.25, 0.3) is 116 Å². The van der Waals surface area contributed by atoms with Crippen molar-refractivity contribution in [2.24, 2.45) is 5.92 Å². The van der Waals surface area contributed by atoms with Crippen molar-refractivity contribution in [2.75, 3.05) is 0 Å². The molecule has 1 aliphatic carbocycles. The molecule has 4 heterocycles. The molecule has 14 rings (SSSR count). The molecular weight excluding hydrogens is 855 g/mol. The van der Waals surface area contributed by atoms with Crippen LogP contribution in [0.2, 0.25) is 0 Å². The average Bonchev–Trinajstić information content (AvgIpc) is 4.10. The van der Waals surface area contributed by atoms with Crippen LogP contribution in [0.1, 0.15) is 24.2 Å². The highest BCUT2D eigenvalue weighted by Crippen LogP contribution is 2.46. The molecule has 2 atom stereocenters. The lowest BCUT2D eigenvalue weighted by atomic mass is 9.80. The minimum atomic E-state index is -0.183. The maximum atomic E-state index is 7.44. The van der Waals surface area contributed by atoms with Crippen molar-refractivity contribution in [3.8, 4) is 57.1 Å². The standard InChI is InChI=1S/C64H41N5O/c1-40-18-17-28-46(43-21-7-3-8-22-43)57(40)64-66-62(44-23-9-4-10-24-44)65-63(67-64)53-27-13-16-31-56(53)69-55-30-15-12-26-48(55)50-37-39-52-51-38-36-49-47-25-11-14-29-54(47)68(58(49)60(51)70-61(52)59(50)69)45-34-32-42(33-35-45)41-19-5-2-6-20-41/h2-16,19-40,57H,1H3. The summed E-state index contributed by atoms with van der Waals surface area (Å²) in [6.45, 7) is 2.17. The van der Waals surface area contributed by atoms with Gasteiger partial charge < -0.3 is 13.6 Å². The van der Waals surface area contributed by atoms with E-state index in [9.17, 15) is 0 Å². The third-order valence-corrected chi connectivity index (χ3v) is 14.1. The first-order chi connectivity index (χ1) is 34.7. The van der Waals surface area contributed by atoms with Crippen LogP contribution < -0.4 is 0 Å². The van der Waals surface area contributed by atoms with Gasteiger partial charge in [0.05, 0.1) is 33.7 Å². The lowest BCUT2D eigenvalue weighted by molar-refractivity contribution is 0.634. The van der Waals surface area contributed by atoms with Crippen molar-refractivity contribution >= 4 is 71.1 Å². The van der Waals surface area contributed by atoms with E-state index in [0.29, 0.717) is 17.5 Å². The van der Waals surface area contributed by atoms with Gasteiger partial charge in [0.2, 0.25) is 0 Å². The van der Waals surface area contributed by atoms with Gasteiger partial charge in [-0.15, -0.1) is 0 Å². The normalized spacial score (nSPS) is 14.7. The van der Waals surface area contributed by atoms with Gasteiger partial charge in [-0.2, -0.15) is 0 Å². The van der Waals surface area contributed by atoms with Crippen LogP contribution in [-0.4, -0.2) is 24.1 Å². The molecule has 0 radical (unpaired) electrons. The summed E-state index contributed by atoms with van der Waals surface area (Å²) < 4.78 is 12.2. The van der Waals surface area contributed by atoms with Gasteiger partial charge in [-0.1, -0.05) is 183 Å². The van der Waals surface area contributed by atoms with Crippen LogP contribution in [0.4, 0.5) is 0 Å². The highest BCUT2D eigenvalue weighted by molar-refractivity contribution is 6.26. The largest absolute Gasteiger partial charge is 0.452 e. The molecule has 4 aromatic heterocycles. The molecule has 0 spiro atoms. The number of nitrogens with zero attached hydrogens (tertiary/aromatic N) is 5. The zero-order chi connectivity index (χ0) is 46.3. The zero-order valence-corrected chi connectivity index (χ0v) is 38.1. The fourth-order valence-corrected chi connectivity index (χ4v) is 10.9. The predicted octanol–water partition coefficient (Wildman–Crippen LogP) is 15.8. The Balaban J connectivity index is 1.02. The van der Waals surface area contributed by atoms with Crippen LogP contribution >= 0.6 is 0 Å². The first-order valence-electron chi connectivity index (χ1n) is 23.8. The summed E-state index contributed by atoms with van der Waals surface area (Å²) in [5.41, 5.74) is 14.2. The van der Waals surface area contributed by atoms with Crippen molar-refractivity contribution in [3.63, 3.8) is 0 Å². The Morgan fingerprint density at radius 3 is 1.61 bits per heavy atom. The Morgan fingerprint density at radius 1 is 0.429 bits per heavy atom. The second-order valence-corrected chi connectivity index (χ2v) is 18.1. The lowest BCUT2D eigenvalue weighted by Crippen LogP contribution is -2.18. The Hall–Kier alpha value is -9.31. The molecule has 6 heteroatoms. The van der Waals surface area contributed by atoms with Gasteiger partial charge >= 0.3 is 0 Å². The van der Waals surface area contributed by atoms with Crippen molar-refractivity contribution in [2.45, 2.75) is 12.8 Å². The molecule has 0 fully saturated rings. The number of aromatic nitrogens is 5. The molecule has 0 saturated heterocycles. The summed E-state index contributed by atoms with van der Waals surface area (Å²) >= 11 is 0. The van der Waals surface area contributed by atoms with Gasteiger partial charge in [0, 0.05) is 55.0 Å². The zero-order valence-electron chi connectivity index (χ0n) is 38.1. The molecule has 0 saturated carbocycles. The summed E-state index contributed by atoms with van der Waals surface area (Å²) in [5, 5.41) is 6.64. The molecule has 13 aromatic rings. The smallest absolute Gasteiger partial charge is 0.165 e. The van der Waals surface area contributed by atoms with Gasteiger partial charge in [0.25, 0.3) is 0 Å². The van der Waals surface area contributed by atoms with Crippen molar-refractivity contribution in [1.82, 2.24) is 24.1 Å². The van der Waals surface area contributed by atoms with Gasteiger partial charge in [0.1, 0.15) is 5.82 Å². The summed E-state index contributed by atoms with van der Waals surface area (Å²) in [7, 11) is 0. The van der Waals surface area contributed by atoms with E-state index in [1.54, 1.807) is 0 Å². The highest BCUT2D eigenvalue weighted by atomic mass is 16.3. The maximum absolute atomic E-state index is 7.44. The SMILES string of the molecule is CC1C#CC=C(c2ccccc2)C1c1nc(-c2ccccc2)nc(-c2ccccc2-n2c3ccccc3c3ccc4c5ccc6c7ccccc7n(-c7ccc(-c8ccccc8)cc7)c6c5oc4c32)n1. The average molecular weight is 896 g/mol.